The molecule has 0 aromatic heterocycles. The summed E-state index contributed by atoms with van der Waals surface area (Å²) in [6.07, 6.45) is 8.34. The van der Waals surface area contributed by atoms with Gasteiger partial charge in [0.2, 0.25) is 5.91 Å². The molecule has 1 fully saturated rings. The van der Waals surface area contributed by atoms with Crippen LogP contribution in [0.4, 0.5) is 11.4 Å². The van der Waals surface area contributed by atoms with Gasteiger partial charge in [-0.2, -0.15) is 0 Å². The molecule has 1 aromatic carbocycles. The lowest BCUT2D eigenvalue weighted by Gasteiger charge is -2.29. The second kappa shape index (κ2) is 9.78. The van der Waals surface area contributed by atoms with Gasteiger partial charge in [0.05, 0.1) is 11.3 Å². The summed E-state index contributed by atoms with van der Waals surface area (Å²) in [4.78, 5) is 30.0. The van der Waals surface area contributed by atoms with Crippen LogP contribution in [0.5, 0.6) is 0 Å². The van der Waals surface area contributed by atoms with Gasteiger partial charge in [0.25, 0.3) is 15.9 Å². The molecule has 3 aliphatic rings. The van der Waals surface area contributed by atoms with Gasteiger partial charge in [0.1, 0.15) is 6.04 Å². The molecular formula is C23H29N5O4S. The van der Waals surface area contributed by atoms with Crippen molar-refractivity contribution in [1.82, 2.24) is 10.2 Å². The molecule has 9 nitrogen and oxygen atoms in total. The number of fused-ring (bicyclic) bond motifs is 1. The van der Waals surface area contributed by atoms with Crippen molar-refractivity contribution in [2.24, 2.45) is 4.40 Å². The van der Waals surface area contributed by atoms with Gasteiger partial charge in [-0.3, -0.25) is 9.59 Å². The van der Waals surface area contributed by atoms with E-state index in [1.54, 1.807) is 17.2 Å². The minimum Gasteiger partial charge on any atom is -0.371 e. The van der Waals surface area contributed by atoms with Gasteiger partial charge in [-0.25, -0.2) is 8.42 Å². The van der Waals surface area contributed by atoms with E-state index in [1.165, 1.54) is 6.08 Å². The zero-order valence-corrected chi connectivity index (χ0v) is 19.5. The van der Waals surface area contributed by atoms with Crippen LogP contribution in [0.1, 0.15) is 32.6 Å². The Kier molecular flexibility index (Phi) is 6.83. The number of benzene rings is 1. The fraction of sp³-hybridized carbons (Fsp3) is 0.435. The molecule has 2 amide bonds. The average Bonchev–Trinajstić information content (AvgIpc) is 3.33. The standard InChI is InChI=1S/C23H29N5O4S/c1-2-7-20(23(30)24-17-8-5-9-18(16-17)27-11-3-4-12-27)25-22(29)19-10-6-13-28-14-15-33(31,32)26-21(19)28/h5-6,8-10,13,16,20H,2-4,7,11-12,14-15H2,1H3,(H,24,30)(H,25,29). The first kappa shape index (κ1) is 23.0. The third kappa shape index (κ3) is 5.44. The molecule has 3 heterocycles. The maximum Gasteiger partial charge on any atom is 0.256 e. The molecular weight excluding hydrogens is 442 g/mol. The van der Waals surface area contributed by atoms with Crippen LogP contribution in [0.3, 0.4) is 0 Å². The van der Waals surface area contributed by atoms with Crippen LogP contribution in [0.15, 0.2) is 52.6 Å². The van der Waals surface area contributed by atoms with Crippen LogP contribution >= 0.6 is 0 Å². The minimum atomic E-state index is -3.62. The van der Waals surface area contributed by atoms with Gasteiger partial charge < -0.3 is 20.4 Å². The zero-order valence-electron chi connectivity index (χ0n) is 18.7. The molecule has 1 unspecified atom stereocenters. The van der Waals surface area contributed by atoms with Crippen LogP contribution in [0.25, 0.3) is 0 Å². The highest BCUT2D eigenvalue weighted by Gasteiger charge is 2.31. The summed E-state index contributed by atoms with van der Waals surface area (Å²) in [5, 5.41) is 5.69. The molecule has 1 aromatic rings. The second-order valence-corrected chi connectivity index (χ2v) is 10.1. The lowest BCUT2D eigenvalue weighted by atomic mass is 10.1. The molecule has 33 heavy (non-hydrogen) atoms. The summed E-state index contributed by atoms with van der Waals surface area (Å²) in [5.74, 6) is -0.853. The summed E-state index contributed by atoms with van der Waals surface area (Å²) >= 11 is 0. The van der Waals surface area contributed by atoms with E-state index in [2.05, 4.69) is 19.9 Å². The van der Waals surface area contributed by atoms with Crippen molar-refractivity contribution in [1.29, 1.82) is 0 Å². The maximum atomic E-state index is 13.0. The van der Waals surface area contributed by atoms with Crippen molar-refractivity contribution < 1.29 is 18.0 Å². The number of rotatable bonds is 7. The van der Waals surface area contributed by atoms with E-state index in [0.717, 1.165) is 31.6 Å². The smallest absolute Gasteiger partial charge is 0.256 e. The van der Waals surface area contributed by atoms with E-state index in [0.29, 0.717) is 18.5 Å². The van der Waals surface area contributed by atoms with Crippen LogP contribution in [-0.2, 0) is 19.6 Å². The fourth-order valence-corrected chi connectivity index (χ4v) is 5.16. The molecule has 3 aliphatic heterocycles. The molecule has 1 atom stereocenters. The monoisotopic (exact) mass is 471 g/mol. The quantitative estimate of drug-likeness (QED) is 0.629. The van der Waals surface area contributed by atoms with Gasteiger partial charge in [0.15, 0.2) is 5.84 Å². The van der Waals surface area contributed by atoms with E-state index in [4.69, 9.17) is 0 Å². The largest absolute Gasteiger partial charge is 0.371 e. The third-order valence-electron chi connectivity index (χ3n) is 5.89. The molecule has 4 rings (SSSR count). The average molecular weight is 472 g/mol. The highest BCUT2D eigenvalue weighted by atomic mass is 32.2. The lowest BCUT2D eigenvalue weighted by molar-refractivity contribution is -0.124. The van der Waals surface area contributed by atoms with Crippen molar-refractivity contribution in [2.75, 3.05) is 35.6 Å². The Balaban J connectivity index is 1.47. The van der Waals surface area contributed by atoms with E-state index in [-0.39, 0.29) is 29.6 Å². The number of nitrogens with one attached hydrogen (secondary N) is 2. The Morgan fingerprint density at radius 2 is 1.97 bits per heavy atom. The molecule has 176 valence electrons. The maximum absolute atomic E-state index is 13.0. The zero-order chi connectivity index (χ0) is 23.4. The minimum absolute atomic E-state index is 0.0928. The Morgan fingerprint density at radius 3 is 2.73 bits per heavy atom. The topological polar surface area (TPSA) is 111 Å². The van der Waals surface area contributed by atoms with E-state index >= 15 is 0 Å². The number of hydrogen-bond donors (Lipinski definition) is 2. The number of hydrogen-bond acceptors (Lipinski definition) is 6. The molecule has 2 N–H and O–H groups in total. The van der Waals surface area contributed by atoms with Gasteiger partial charge in [-0.1, -0.05) is 19.4 Å². The highest BCUT2D eigenvalue weighted by molar-refractivity contribution is 7.90. The van der Waals surface area contributed by atoms with Crippen molar-refractivity contribution in [3.8, 4) is 0 Å². The Hall–Kier alpha value is -3.14. The first-order valence-corrected chi connectivity index (χ1v) is 12.9. The number of carbonyl (C=O) groups is 2. The number of allylic oxidation sites excluding steroid dienone is 2. The van der Waals surface area contributed by atoms with Crippen LogP contribution in [0, 0.1) is 0 Å². The third-order valence-corrected chi connectivity index (χ3v) is 7.04. The number of anilines is 2. The predicted molar refractivity (Wildman–Crippen MR) is 129 cm³/mol. The van der Waals surface area contributed by atoms with E-state index < -0.39 is 22.0 Å². The van der Waals surface area contributed by atoms with Gasteiger partial charge >= 0.3 is 0 Å². The molecule has 0 saturated carbocycles. The van der Waals surface area contributed by atoms with Crippen LogP contribution in [-0.4, -0.2) is 62.4 Å². The van der Waals surface area contributed by atoms with Gasteiger partial charge in [-0.05, 0) is 49.6 Å². The van der Waals surface area contributed by atoms with Gasteiger partial charge in [-0.15, -0.1) is 4.40 Å². The molecule has 0 radical (unpaired) electrons. The van der Waals surface area contributed by atoms with Crippen LogP contribution in [0.2, 0.25) is 0 Å². The van der Waals surface area contributed by atoms with E-state index in [9.17, 15) is 18.0 Å². The number of amidine groups is 1. The number of carbonyl (C=O) groups excluding carboxylic acids is 2. The predicted octanol–water partition coefficient (Wildman–Crippen LogP) is 2.01. The SMILES string of the molecule is CCCC(NC(=O)C1=CC=CN2CCS(=O)(=O)N=C12)C(=O)Nc1cccc(N2CCCC2)c1. The van der Waals surface area contributed by atoms with Crippen molar-refractivity contribution >= 4 is 39.0 Å². The van der Waals surface area contributed by atoms with E-state index in [1.807, 2.05) is 31.2 Å². The molecule has 0 bridgehead atoms. The summed E-state index contributed by atoms with van der Waals surface area (Å²) < 4.78 is 27.7. The number of amides is 2. The Bertz CT molecular complexity index is 1120. The van der Waals surface area contributed by atoms with Gasteiger partial charge in [0, 0.05) is 37.2 Å². The lowest BCUT2D eigenvalue weighted by Crippen LogP contribution is -2.48. The fourth-order valence-electron chi connectivity index (χ4n) is 4.17. The summed E-state index contributed by atoms with van der Waals surface area (Å²) in [5.41, 5.74) is 1.87. The first-order chi connectivity index (χ1) is 15.9. The Labute approximate surface area is 194 Å². The Morgan fingerprint density at radius 1 is 1.18 bits per heavy atom. The summed E-state index contributed by atoms with van der Waals surface area (Å²) in [6.45, 7) is 4.18. The molecule has 0 spiro atoms. The van der Waals surface area contributed by atoms with Crippen molar-refractivity contribution in [3.05, 3.63) is 48.2 Å². The van der Waals surface area contributed by atoms with Crippen LogP contribution < -0.4 is 15.5 Å². The molecule has 0 aliphatic carbocycles. The molecule has 1 saturated heterocycles. The first-order valence-electron chi connectivity index (χ1n) is 11.3. The molecule has 10 heteroatoms. The van der Waals surface area contributed by atoms with Crippen molar-refractivity contribution in [2.45, 2.75) is 38.6 Å². The number of nitrogens with zero attached hydrogens (tertiary/aromatic N) is 3. The normalized spacial score (nSPS) is 19.9. The second-order valence-electron chi connectivity index (χ2n) is 8.36. The summed E-state index contributed by atoms with van der Waals surface area (Å²) in [7, 11) is -3.62. The highest BCUT2D eigenvalue weighted by Crippen LogP contribution is 2.24. The number of sulfonamides is 1. The van der Waals surface area contributed by atoms with Crippen molar-refractivity contribution in [3.63, 3.8) is 0 Å². The summed E-state index contributed by atoms with van der Waals surface area (Å²) in [6, 6.07) is 6.95.